The highest BCUT2D eigenvalue weighted by atomic mass is 32.2. The predicted octanol–water partition coefficient (Wildman–Crippen LogP) is 1.72. The number of hydrogen-bond donors (Lipinski definition) is 1. The number of amides is 1. The number of nitrogens with one attached hydrogen (secondary N) is 1. The van der Waals surface area contributed by atoms with E-state index >= 15 is 0 Å². The number of carbonyl (C=O) groups is 1. The fraction of sp³-hybridized carbons (Fsp3) is 0.533. The number of carbonyl (C=O) groups excluding carboxylic acids is 1. The number of nitrogens with zero attached hydrogens (tertiary/aromatic N) is 3. The minimum absolute atomic E-state index is 0.0705. The largest absolute Gasteiger partial charge is 0.342 e. The fourth-order valence-corrected chi connectivity index (χ4v) is 5.65. The first-order valence-electron chi connectivity index (χ1n) is 8.24. The Morgan fingerprint density at radius 1 is 1.36 bits per heavy atom. The summed E-state index contributed by atoms with van der Waals surface area (Å²) in [4.78, 5) is 16.9. The van der Waals surface area contributed by atoms with Crippen molar-refractivity contribution in [1.29, 1.82) is 0 Å². The van der Waals surface area contributed by atoms with Gasteiger partial charge in [0.25, 0.3) is 5.91 Å². The Balaban J connectivity index is 1.46. The van der Waals surface area contributed by atoms with Gasteiger partial charge in [0, 0.05) is 19.0 Å². The molecule has 3 heterocycles. The van der Waals surface area contributed by atoms with Gasteiger partial charge in [-0.05, 0) is 37.1 Å². The lowest BCUT2D eigenvalue weighted by atomic mass is 10.4. The van der Waals surface area contributed by atoms with Gasteiger partial charge in [0.2, 0.25) is 15.9 Å². The van der Waals surface area contributed by atoms with Crippen LogP contribution in [-0.4, -0.2) is 41.9 Å². The molecule has 1 aliphatic heterocycles. The van der Waals surface area contributed by atoms with E-state index in [0.29, 0.717) is 30.7 Å². The summed E-state index contributed by atoms with van der Waals surface area (Å²) in [5, 5.41) is 8.18. The van der Waals surface area contributed by atoms with Crippen molar-refractivity contribution in [1.82, 2.24) is 19.8 Å². The molecule has 0 aromatic carbocycles. The van der Waals surface area contributed by atoms with Gasteiger partial charge in [-0.3, -0.25) is 4.79 Å². The number of sulfonamides is 1. The quantitative estimate of drug-likeness (QED) is 0.815. The average molecular weight is 382 g/mol. The number of rotatable bonds is 6. The predicted molar refractivity (Wildman–Crippen MR) is 89.8 cm³/mol. The maximum absolute atomic E-state index is 12.7. The lowest BCUT2D eigenvalue weighted by Crippen LogP contribution is -2.30. The summed E-state index contributed by atoms with van der Waals surface area (Å²) < 4.78 is 31.9. The van der Waals surface area contributed by atoms with E-state index in [1.165, 1.54) is 10.4 Å². The van der Waals surface area contributed by atoms with E-state index in [1.54, 1.807) is 5.38 Å². The van der Waals surface area contributed by atoms with Crippen LogP contribution in [-0.2, 0) is 16.6 Å². The molecule has 2 aromatic heterocycles. The molecule has 1 amide bonds. The Hall–Kier alpha value is -1.78. The summed E-state index contributed by atoms with van der Waals surface area (Å²) in [6.07, 6.45) is 3.84. The first-order valence-corrected chi connectivity index (χ1v) is 10.6. The second kappa shape index (κ2) is 6.50. The Morgan fingerprint density at radius 2 is 2.12 bits per heavy atom. The zero-order valence-corrected chi connectivity index (χ0v) is 15.1. The van der Waals surface area contributed by atoms with Crippen molar-refractivity contribution < 1.29 is 17.7 Å². The number of thiophene rings is 1. The lowest BCUT2D eigenvalue weighted by molar-refractivity contribution is 0.0947. The Bertz CT molecular complexity index is 879. The highest BCUT2D eigenvalue weighted by Crippen LogP contribution is 2.38. The molecule has 25 heavy (non-hydrogen) atoms. The number of hydrogen-bond acceptors (Lipinski definition) is 7. The Morgan fingerprint density at radius 3 is 2.84 bits per heavy atom. The van der Waals surface area contributed by atoms with E-state index in [-0.39, 0.29) is 16.3 Å². The molecule has 0 spiro atoms. The molecule has 0 radical (unpaired) electrons. The molecule has 134 valence electrons. The summed E-state index contributed by atoms with van der Waals surface area (Å²) in [6, 6.07) is 1.49. The summed E-state index contributed by atoms with van der Waals surface area (Å²) >= 11 is 1.11. The van der Waals surface area contributed by atoms with Crippen LogP contribution >= 0.6 is 11.3 Å². The van der Waals surface area contributed by atoms with E-state index in [2.05, 4.69) is 15.5 Å². The highest BCUT2D eigenvalue weighted by molar-refractivity contribution is 7.89. The van der Waals surface area contributed by atoms with Crippen LogP contribution < -0.4 is 5.32 Å². The molecule has 4 rings (SSSR count). The van der Waals surface area contributed by atoms with Crippen molar-refractivity contribution in [3.8, 4) is 0 Å². The summed E-state index contributed by atoms with van der Waals surface area (Å²) in [6.45, 7) is 1.09. The van der Waals surface area contributed by atoms with Crippen molar-refractivity contribution in [2.75, 3.05) is 13.1 Å². The molecule has 2 aromatic rings. The van der Waals surface area contributed by atoms with E-state index in [4.69, 9.17) is 4.52 Å². The highest BCUT2D eigenvalue weighted by Gasteiger charge is 2.32. The smallest absolute Gasteiger partial charge is 0.263 e. The van der Waals surface area contributed by atoms with Gasteiger partial charge in [0.1, 0.15) is 9.77 Å². The molecule has 0 unspecified atom stereocenters. The SMILES string of the molecule is O=C(NCc1nc(C2CC2)no1)c1sccc1S(=O)(=O)N1CCCC1. The summed E-state index contributed by atoms with van der Waals surface area (Å²) in [5.74, 6) is 0.940. The zero-order chi connectivity index (χ0) is 17.4. The molecule has 1 N–H and O–H groups in total. The van der Waals surface area contributed by atoms with Gasteiger partial charge in [-0.2, -0.15) is 9.29 Å². The Labute approximate surface area is 149 Å². The lowest BCUT2D eigenvalue weighted by Gasteiger charge is -2.15. The second-order valence-corrected chi connectivity index (χ2v) is 9.05. The molecular weight excluding hydrogens is 364 g/mol. The van der Waals surface area contributed by atoms with Gasteiger partial charge in [-0.15, -0.1) is 11.3 Å². The topological polar surface area (TPSA) is 105 Å². The maximum Gasteiger partial charge on any atom is 0.263 e. The molecule has 1 saturated carbocycles. The Kier molecular flexibility index (Phi) is 4.34. The molecule has 0 atom stereocenters. The summed E-state index contributed by atoms with van der Waals surface area (Å²) in [5.41, 5.74) is 0. The molecule has 8 nitrogen and oxygen atoms in total. The number of aromatic nitrogens is 2. The van der Waals surface area contributed by atoms with Crippen molar-refractivity contribution in [3.63, 3.8) is 0 Å². The molecule has 1 aliphatic carbocycles. The van der Waals surface area contributed by atoms with Gasteiger partial charge < -0.3 is 9.84 Å². The van der Waals surface area contributed by atoms with Crippen LogP contribution in [0.3, 0.4) is 0 Å². The first-order chi connectivity index (χ1) is 12.1. The van der Waals surface area contributed by atoms with Gasteiger partial charge in [0.15, 0.2) is 5.82 Å². The van der Waals surface area contributed by atoms with Crippen molar-refractivity contribution in [2.24, 2.45) is 0 Å². The van der Waals surface area contributed by atoms with Crippen LogP contribution in [0.15, 0.2) is 20.9 Å². The van der Waals surface area contributed by atoms with Crippen LogP contribution in [0, 0.1) is 0 Å². The molecule has 1 saturated heterocycles. The molecule has 10 heteroatoms. The first kappa shape index (κ1) is 16.7. The second-order valence-electron chi connectivity index (χ2n) is 6.23. The van der Waals surface area contributed by atoms with Crippen LogP contribution in [0.4, 0.5) is 0 Å². The normalized spacial score (nSPS) is 18.6. The van der Waals surface area contributed by atoms with Crippen molar-refractivity contribution >= 4 is 27.3 Å². The van der Waals surface area contributed by atoms with E-state index < -0.39 is 15.9 Å². The van der Waals surface area contributed by atoms with Crippen LogP contribution in [0.5, 0.6) is 0 Å². The minimum Gasteiger partial charge on any atom is -0.342 e. The van der Waals surface area contributed by atoms with Crippen LogP contribution in [0.2, 0.25) is 0 Å². The zero-order valence-electron chi connectivity index (χ0n) is 13.5. The van der Waals surface area contributed by atoms with Crippen molar-refractivity contribution in [3.05, 3.63) is 28.0 Å². The average Bonchev–Trinajstić information content (AvgIpc) is 3.08. The maximum atomic E-state index is 12.7. The molecule has 2 aliphatic rings. The van der Waals surface area contributed by atoms with E-state index in [1.807, 2.05) is 0 Å². The standard InChI is InChI=1S/C15H18N4O4S2/c20-15(16-9-12-17-14(18-23-12)10-3-4-10)13-11(5-8-24-13)25(21,22)19-6-1-2-7-19/h5,8,10H,1-4,6-7,9H2,(H,16,20). The molecule has 2 fully saturated rings. The summed E-state index contributed by atoms with van der Waals surface area (Å²) in [7, 11) is -3.62. The minimum atomic E-state index is -3.62. The van der Waals surface area contributed by atoms with E-state index in [9.17, 15) is 13.2 Å². The monoisotopic (exact) mass is 382 g/mol. The molecular formula is C15H18N4O4S2. The van der Waals surface area contributed by atoms with E-state index in [0.717, 1.165) is 37.0 Å². The third kappa shape index (κ3) is 3.33. The fourth-order valence-electron chi connectivity index (χ4n) is 2.82. The van der Waals surface area contributed by atoms with Gasteiger partial charge >= 0.3 is 0 Å². The third-order valence-corrected chi connectivity index (χ3v) is 7.33. The van der Waals surface area contributed by atoms with Gasteiger partial charge in [-0.1, -0.05) is 5.16 Å². The van der Waals surface area contributed by atoms with Gasteiger partial charge in [-0.25, -0.2) is 8.42 Å². The molecule has 0 bridgehead atoms. The van der Waals surface area contributed by atoms with Crippen molar-refractivity contribution in [2.45, 2.75) is 43.0 Å². The van der Waals surface area contributed by atoms with Gasteiger partial charge in [0.05, 0.1) is 6.54 Å². The van der Waals surface area contributed by atoms with Crippen LogP contribution in [0.25, 0.3) is 0 Å². The third-order valence-electron chi connectivity index (χ3n) is 4.34. The van der Waals surface area contributed by atoms with Crippen LogP contribution in [0.1, 0.15) is 53.0 Å².